The molecule has 1 aromatic rings. The van der Waals surface area contributed by atoms with Crippen LogP contribution in [0.3, 0.4) is 0 Å². The van der Waals surface area contributed by atoms with Crippen LogP contribution in [0.15, 0.2) is 16.0 Å². The number of aryl methyl sites for hydroxylation is 1. The second-order valence-electron chi connectivity index (χ2n) is 3.82. The number of carbonyl (C=O) groups excluding carboxylic acids is 1. The van der Waals surface area contributed by atoms with Gasteiger partial charge in [0.1, 0.15) is 0 Å². The van der Waals surface area contributed by atoms with Crippen molar-refractivity contribution in [2.75, 3.05) is 0 Å². The van der Waals surface area contributed by atoms with Crippen molar-refractivity contribution < 1.29 is 4.79 Å². The van der Waals surface area contributed by atoms with E-state index in [9.17, 15) is 9.59 Å². The monoisotopic (exact) mass is 270 g/mol. The van der Waals surface area contributed by atoms with Gasteiger partial charge in [0.25, 0.3) is 5.56 Å². The molecule has 0 saturated heterocycles. The molecule has 1 amide bonds. The molecule has 0 aliphatic carbocycles. The summed E-state index contributed by atoms with van der Waals surface area (Å²) in [6.45, 7) is 3.90. The van der Waals surface area contributed by atoms with Gasteiger partial charge in [-0.25, -0.2) is 10.8 Å². The van der Waals surface area contributed by atoms with Crippen molar-refractivity contribution in [3.8, 4) is 0 Å². The Morgan fingerprint density at radius 1 is 1.61 bits per heavy atom. The molecule has 1 heterocycles. The Balaban J connectivity index is 2.88. The Morgan fingerprint density at radius 3 is 2.89 bits per heavy atom. The van der Waals surface area contributed by atoms with Gasteiger partial charge in [0, 0.05) is 11.8 Å². The Morgan fingerprint density at radius 2 is 2.33 bits per heavy atom. The number of nitrogens with zero attached hydrogens (tertiary/aromatic N) is 1. The standard InChI is InChI=1S/C11H18N4O2S/c1-3-5-7-6-9(16)14-11(13-7)18-8(4-2)10(17)15-12/h6,8H,3-5,12H2,1-2H3,(H,15,17)(H,13,14,16). The van der Waals surface area contributed by atoms with Crippen LogP contribution in [0, 0.1) is 0 Å². The minimum Gasteiger partial charge on any atom is -0.301 e. The molecule has 1 unspecified atom stereocenters. The third-order valence-corrected chi connectivity index (χ3v) is 3.59. The van der Waals surface area contributed by atoms with Gasteiger partial charge >= 0.3 is 0 Å². The molecule has 1 atom stereocenters. The fraction of sp³-hybridized carbons (Fsp3) is 0.545. The van der Waals surface area contributed by atoms with Crippen LogP contribution in [0.1, 0.15) is 32.4 Å². The zero-order valence-electron chi connectivity index (χ0n) is 10.5. The lowest BCUT2D eigenvalue weighted by Gasteiger charge is -2.11. The van der Waals surface area contributed by atoms with Crippen LogP contribution in [0.2, 0.25) is 0 Å². The highest BCUT2D eigenvalue weighted by molar-refractivity contribution is 8.00. The number of aromatic amines is 1. The average Bonchev–Trinajstić information content (AvgIpc) is 2.34. The number of rotatable bonds is 6. The number of amides is 1. The highest BCUT2D eigenvalue weighted by Crippen LogP contribution is 2.21. The first-order chi connectivity index (χ1) is 8.60. The van der Waals surface area contributed by atoms with Crippen LogP contribution >= 0.6 is 11.8 Å². The van der Waals surface area contributed by atoms with Crippen molar-refractivity contribution in [3.63, 3.8) is 0 Å². The summed E-state index contributed by atoms with van der Waals surface area (Å²) in [6, 6.07) is 1.48. The van der Waals surface area contributed by atoms with E-state index in [4.69, 9.17) is 5.84 Å². The number of nitrogens with one attached hydrogen (secondary N) is 2. The van der Waals surface area contributed by atoms with E-state index in [1.807, 2.05) is 13.8 Å². The summed E-state index contributed by atoms with van der Waals surface area (Å²) in [4.78, 5) is 29.9. The normalized spacial score (nSPS) is 12.2. The first kappa shape index (κ1) is 14.7. The summed E-state index contributed by atoms with van der Waals surface area (Å²) in [5.41, 5.74) is 2.66. The molecule has 1 rings (SSSR count). The van der Waals surface area contributed by atoms with Crippen molar-refractivity contribution in [1.29, 1.82) is 0 Å². The summed E-state index contributed by atoms with van der Waals surface area (Å²) >= 11 is 1.22. The van der Waals surface area contributed by atoms with Crippen molar-refractivity contribution in [2.45, 2.75) is 43.5 Å². The number of hydrazine groups is 1. The average molecular weight is 270 g/mol. The Kier molecular flexibility index (Phi) is 5.87. The molecular formula is C11H18N4O2S. The summed E-state index contributed by atoms with van der Waals surface area (Å²) in [6.07, 6.45) is 2.27. The molecule has 0 bridgehead atoms. The van der Waals surface area contributed by atoms with Gasteiger partial charge in [0.05, 0.1) is 5.25 Å². The SMILES string of the molecule is CCCc1cc(=O)[nH]c(SC(CC)C(=O)NN)n1. The maximum Gasteiger partial charge on any atom is 0.251 e. The van der Waals surface area contributed by atoms with Crippen molar-refractivity contribution in [2.24, 2.45) is 5.84 Å². The van der Waals surface area contributed by atoms with Gasteiger partial charge in [-0.2, -0.15) is 0 Å². The molecule has 1 aromatic heterocycles. The molecule has 0 spiro atoms. The van der Waals surface area contributed by atoms with Gasteiger partial charge in [-0.3, -0.25) is 15.0 Å². The van der Waals surface area contributed by atoms with E-state index in [1.54, 1.807) is 0 Å². The van der Waals surface area contributed by atoms with E-state index >= 15 is 0 Å². The number of H-pyrrole nitrogens is 1. The maximum absolute atomic E-state index is 11.5. The van der Waals surface area contributed by atoms with Crippen LogP contribution in [0.4, 0.5) is 0 Å². The van der Waals surface area contributed by atoms with Crippen LogP contribution in [0.5, 0.6) is 0 Å². The van der Waals surface area contributed by atoms with Gasteiger partial charge in [0.2, 0.25) is 5.91 Å². The first-order valence-electron chi connectivity index (χ1n) is 5.88. The predicted octanol–water partition coefficient (Wildman–Crippen LogP) is 0.583. The maximum atomic E-state index is 11.5. The molecule has 0 aliphatic heterocycles. The zero-order valence-corrected chi connectivity index (χ0v) is 11.3. The Hall–Kier alpha value is -1.34. The predicted molar refractivity (Wildman–Crippen MR) is 71.1 cm³/mol. The number of carbonyl (C=O) groups is 1. The fourth-order valence-corrected chi connectivity index (χ4v) is 2.41. The second kappa shape index (κ2) is 7.17. The van der Waals surface area contributed by atoms with E-state index < -0.39 is 0 Å². The molecule has 7 heteroatoms. The zero-order chi connectivity index (χ0) is 13.5. The first-order valence-corrected chi connectivity index (χ1v) is 6.76. The van der Waals surface area contributed by atoms with Gasteiger partial charge < -0.3 is 4.98 Å². The molecular weight excluding hydrogens is 252 g/mol. The van der Waals surface area contributed by atoms with Crippen LogP contribution in [-0.2, 0) is 11.2 Å². The van der Waals surface area contributed by atoms with Crippen molar-refractivity contribution in [1.82, 2.24) is 15.4 Å². The van der Waals surface area contributed by atoms with Crippen LogP contribution in [-0.4, -0.2) is 21.1 Å². The van der Waals surface area contributed by atoms with Crippen LogP contribution in [0.25, 0.3) is 0 Å². The van der Waals surface area contributed by atoms with E-state index in [2.05, 4.69) is 15.4 Å². The minimum absolute atomic E-state index is 0.195. The van der Waals surface area contributed by atoms with E-state index in [1.165, 1.54) is 17.8 Å². The molecule has 0 fully saturated rings. The molecule has 4 N–H and O–H groups in total. The molecule has 18 heavy (non-hydrogen) atoms. The molecule has 0 radical (unpaired) electrons. The lowest BCUT2D eigenvalue weighted by atomic mass is 10.2. The highest BCUT2D eigenvalue weighted by Gasteiger charge is 2.18. The fourth-order valence-electron chi connectivity index (χ4n) is 1.47. The number of nitrogens with two attached hydrogens (primary N) is 1. The van der Waals surface area contributed by atoms with Crippen molar-refractivity contribution in [3.05, 3.63) is 22.1 Å². The lowest BCUT2D eigenvalue weighted by Crippen LogP contribution is -2.37. The summed E-state index contributed by atoms with van der Waals surface area (Å²) in [5.74, 6) is 4.83. The van der Waals surface area contributed by atoms with E-state index in [-0.39, 0.29) is 16.7 Å². The van der Waals surface area contributed by atoms with Crippen LogP contribution < -0.4 is 16.8 Å². The minimum atomic E-state index is -0.352. The smallest absolute Gasteiger partial charge is 0.251 e. The summed E-state index contributed by atoms with van der Waals surface area (Å²) < 4.78 is 0. The van der Waals surface area contributed by atoms with E-state index in [0.717, 1.165) is 18.5 Å². The number of hydrogen-bond acceptors (Lipinski definition) is 5. The third-order valence-electron chi connectivity index (χ3n) is 2.34. The molecule has 100 valence electrons. The largest absolute Gasteiger partial charge is 0.301 e. The van der Waals surface area contributed by atoms with Crippen molar-refractivity contribution >= 4 is 17.7 Å². The Labute approximate surface area is 110 Å². The Bertz CT molecular complexity index is 461. The third kappa shape index (κ3) is 4.15. The molecule has 0 aromatic carbocycles. The molecule has 0 saturated carbocycles. The van der Waals surface area contributed by atoms with Gasteiger partial charge in [-0.05, 0) is 12.8 Å². The van der Waals surface area contributed by atoms with Gasteiger partial charge in [-0.1, -0.05) is 32.0 Å². The number of thioether (sulfide) groups is 1. The van der Waals surface area contributed by atoms with Gasteiger partial charge in [-0.15, -0.1) is 0 Å². The lowest BCUT2D eigenvalue weighted by molar-refractivity contribution is -0.120. The number of aromatic nitrogens is 2. The van der Waals surface area contributed by atoms with Gasteiger partial charge in [0.15, 0.2) is 5.16 Å². The molecule has 6 nitrogen and oxygen atoms in total. The number of hydrogen-bond donors (Lipinski definition) is 3. The quantitative estimate of drug-likeness (QED) is 0.231. The van der Waals surface area contributed by atoms with E-state index in [0.29, 0.717) is 11.6 Å². The highest BCUT2D eigenvalue weighted by atomic mass is 32.2. The molecule has 0 aliphatic rings. The topological polar surface area (TPSA) is 101 Å². The summed E-state index contributed by atoms with van der Waals surface area (Å²) in [7, 11) is 0. The summed E-state index contributed by atoms with van der Waals surface area (Å²) in [5, 5.41) is 0.108. The second-order valence-corrected chi connectivity index (χ2v) is 5.01.